The molecule has 27 heavy (non-hydrogen) atoms. The third kappa shape index (κ3) is 2.68. The molecule has 136 valence electrons. The number of rotatable bonds is 2. The van der Waals surface area contributed by atoms with E-state index in [4.69, 9.17) is 4.42 Å². The Morgan fingerprint density at radius 2 is 2.15 bits per heavy atom. The van der Waals surface area contributed by atoms with Gasteiger partial charge in [-0.1, -0.05) is 0 Å². The van der Waals surface area contributed by atoms with E-state index in [0.29, 0.717) is 29.0 Å². The Balaban J connectivity index is 1.49. The summed E-state index contributed by atoms with van der Waals surface area (Å²) in [6.07, 6.45) is 1.75. The quantitative estimate of drug-likeness (QED) is 0.560. The Morgan fingerprint density at radius 3 is 3.04 bits per heavy atom. The van der Waals surface area contributed by atoms with Crippen LogP contribution in [0.2, 0.25) is 0 Å². The van der Waals surface area contributed by atoms with Gasteiger partial charge in [-0.25, -0.2) is 9.37 Å². The lowest BCUT2D eigenvalue weighted by Gasteiger charge is -2.23. The van der Waals surface area contributed by atoms with E-state index in [1.165, 1.54) is 12.1 Å². The minimum atomic E-state index is -0.305. The van der Waals surface area contributed by atoms with Crippen molar-refractivity contribution in [3.05, 3.63) is 65.4 Å². The topological polar surface area (TPSA) is 62.1 Å². The Bertz CT molecular complexity index is 1180. The zero-order chi connectivity index (χ0) is 18.5. The average molecular weight is 363 g/mol. The van der Waals surface area contributed by atoms with Crippen LogP contribution in [0, 0.1) is 12.7 Å². The van der Waals surface area contributed by atoms with E-state index in [0.717, 1.165) is 29.6 Å². The molecule has 2 aromatic carbocycles. The van der Waals surface area contributed by atoms with E-state index >= 15 is 0 Å². The molecule has 0 spiro atoms. The molecule has 5 nitrogen and oxygen atoms in total. The number of aryl methyl sites for hydroxylation is 1. The van der Waals surface area contributed by atoms with Gasteiger partial charge in [0.05, 0.1) is 17.1 Å². The summed E-state index contributed by atoms with van der Waals surface area (Å²) < 4.78 is 19.1. The van der Waals surface area contributed by atoms with Crippen LogP contribution < -0.4 is 0 Å². The molecule has 3 heterocycles. The predicted octanol–water partition coefficient (Wildman–Crippen LogP) is 4.73. The first-order valence-corrected chi connectivity index (χ1v) is 9.05. The maximum Gasteiger partial charge on any atom is 0.254 e. The smallest absolute Gasteiger partial charge is 0.254 e. The highest BCUT2D eigenvalue weighted by Gasteiger charge is 2.32. The average Bonchev–Trinajstić information content (AvgIpc) is 3.36. The normalized spacial score (nSPS) is 17.3. The van der Waals surface area contributed by atoms with Gasteiger partial charge in [0, 0.05) is 17.5 Å². The largest absolute Gasteiger partial charge is 0.461 e. The summed E-state index contributed by atoms with van der Waals surface area (Å²) in [5.74, 6) is 1.20. The first kappa shape index (κ1) is 16.1. The molecule has 1 saturated heterocycles. The van der Waals surface area contributed by atoms with Gasteiger partial charge in [-0.3, -0.25) is 4.79 Å². The number of nitrogens with one attached hydrogen (secondary N) is 1. The summed E-state index contributed by atoms with van der Waals surface area (Å²) in [4.78, 5) is 22.8. The summed E-state index contributed by atoms with van der Waals surface area (Å²) in [5.41, 5.74) is 2.78. The van der Waals surface area contributed by atoms with E-state index in [9.17, 15) is 9.18 Å². The molecule has 4 aromatic rings. The van der Waals surface area contributed by atoms with Crippen molar-refractivity contribution in [1.82, 2.24) is 14.9 Å². The van der Waals surface area contributed by atoms with Crippen LogP contribution in [0.4, 0.5) is 4.39 Å². The van der Waals surface area contributed by atoms with Crippen LogP contribution in [0.15, 0.2) is 46.9 Å². The van der Waals surface area contributed by atoms with Crippen LogP contribution in [0.3, 0.4) is 0 Å². The fourth-order valence-electron chi connectivity index (χ4n) is 3.93. The van der Waals surface area contributed by atoms with Crippen molar-refractivity contribution >= 4 is 27.9 Å². The highest BCUT2D eigenvalue weighted by atomic mass is 19.1. The molecule has 0 unspecified atom stereocenters. The Hall–Kier alpha value is -3.15. The number of fused-ring (bicyclic) bond motifs is 2. The number of carbonyl (C=O) groups excluding carboxylic acids is 1. The number of aromatic nitrogens is 2. The van der Waals surface area contributed by atoms with Crippen molar-refractivity contribution in [1.29, 1.82) is 0 Å². The van der Waals surface area contributed by atoms with Gasteiger partial charge < -0.3 is 14.3 Å². The number of furan rings is 1. The van der Waals surface area contributed by atoms with E-state index < -0.39 is 0 Å². The second kappa shape index (κ2) is 5.94. The van der Waals surface area contributed by atoms with E-state index in [1.807, 2.05) is 30.0 Å². The van der Waals surface area contributed by atoms with Gasteiger partial charge >= 0.3 is 0 Å². The monoisotopic (exact) mass is 363 g/mol. The van der Waals surface area contributed by atoms with Crippen molar-refractivity contribution < 1.29 is 13.6 Å². The number of halogens is 1. The zero-order valence-electron chi connectivity index (χ0n) is 14.8. The molecule has 0 radical (unpaired) electrons. The number of nitrogens with zero attached hydrogens (tertiary/aromatic N) is 2. The number of likely N-dealkylation sites (tertiary alicyclic amines) is 1. The molecule has 1 amide bonds. The van der Waals surface area contributed by atoms with Gasteiger partial charge in [-0.15, -0.1) is 0 Å². The summed E-state index contributed by atoms with van der Waals surface area (Å²) in [7, 11) is 0. The number of benzene rings is 2. The number of H-pyrrole nitrogens is 1. The molecule has 1 aliphatic heterocycles. The van der Waals surface area contributed by atoms with Gasteiger partial charge in [-0.2, -0.15) is 0 Å². The van der Waals surface area contributed by atoms with Crippen molar-refractivity contribution in [3.63, 3.8) is 0 Å². The third-order valence-electron chi connectivity index (χ3n) is 5.18. The molecule has 1 N–H and O–H groups in total. The molecule has 1 fully saturated rings. The van der Waals surface area contributed by atoms with Crippen molar-refractivity contribution in [2.75, 3.05) is 6.54 Å². The number of carbonyl (C=O) groups is 1. The first-order chi connectivity index (χ1) is 13.1. The lowest BCUT2D eigenvalue weighted by atomic mass is 10.1. The van der Waals surface area contributed by atoms with E-state index in [-0.39, 0.29) is 17.8 Å². The lowest BCUT2D eigenvalue weighted by molar-refractivity contribution is 0.0730. The Morgan fingerprint density at radius 1 is 1.26 bits per heavy atom. The van der Waals surface area contributed by atoms with Crippen molar-refractivity contribution in [2.24, 2.45) is 0 Å². The van der Waals surface area contributed by atoms with Crippen LogP contribution in [0.25, 0.3) is 22.0 Å². The molecule has 1 atom stereocenters. The van der Waals surface area contributed by atoms with Crippen LogP contribution in [0.5, 0.6) is 0 Å². The van der Waals surface area contributed by atoms with E-state index in [2.05, 4.69) is 9.97 Å². The molecule has 0 aliphatic carbocycles. The molecular formula is C21H18FN3O2. The predicted molar refractivity (Wildman–Crippen MR) is 100 cm³/mol. The maximum atomic E-state index is 13.5. The third-order valence-corrected chi connectivity index (χ3v) is 5.18. The summed E-state index contributed by atoms with van der Waals surface area (Å²) in [6, 6.07) is 11.8. The Kier molecular flexibility index (Phi) is 3.53. The fourth-order valence-corrected chi connectivity index (χ4v) is 3.93. The van der Waals surface area contributed by atoms with Crippen molar-refractivity contribution in [2.45, 2.75) is 25.8 Å². The summed E-state index contributed by atoms with van der Waals surface area (Å²) in [6.45, 7) is 2.57. The molecular weight excluding hydrogens is 345 g/mol. The number of amides is 1. The number of hydrogen-bond donors (Lipinski definition) is 1. The van der Waals surface area contributed by atoms with Crippen LogP contribution in [-0.4, -0.2) is 27.3 Å². The minimum absolute atomic E-state index is 0.0233. The van der Waals surface area contributed by atoms with Crippen molar-refractivity contribution in [3.8, 4) is 0 Å². The second-order valence-corrected chi connectivity index (χ2v) is 7.05. The SMILES string of the molecule is Cc1cc2cc(C(=O)N3CCC[C@@H]3c3nc4ccc(F)cc4[nH]3)ccc2o1. The second-order valence-electron chi connectivity index (χ2n) is 7.05. The van der Waals surface area contributed by atoms with Gasteiger partial charge in [-0.05, 0) is 62.2 Å². The molecule has 0 bridgehead atoms. The van der Waals surface area contributed by atoms with Gasteiger partial charge in [0.2, 0.25) is 0 Å². The zero-order valence-corrected chi connectivity index (χ0v) is 14.8. The molecule has 6 heteroatoms. The first-order valence-electron chi connectivity index (χ1n) is 9.05. The fraction of sp³-hybridized carbons (Fsp3) is 0.238. The molecule has 0 saturated carbocycles. The summed E-state index contributed by atoms with van der Waals surface area (Å²) >= 11 is 0. The van der Waals surface area contributed by atoms with Gasteiger partial charge in [0.25, 0.3) is 5.91 Å². The molecule has 1 aliphatic rings. The number of hydrogen-bond acceptors (Lipinski definition) is 3. The maximum absolute atomic E-state index is 13.5. The molecule has 5 rings (SSSR count). The standard InChI is InChI=1S/C21H18FN3O2/c1-12-9-14-10-13(4-7-19(14)27-12)21(26)25-8-2-3-18(25)20-23-16-6-5-15(22)11-17(16)24-20/h4-7,9-11,18H,2-3,8H2,1H3,(H,23,24)/t18-/m1/s1. The molecule has 2 aromatic heterocycles. The highest BCUT2D eigenvalue weighted by molar-refractivity contribution is 5.98. The van der Waals surface area contributed by atoms with Crippen LogP contribution in [-0.2, 0) is 0 Å². The van der Waals surface area contributed by atoms with Crippen LogP contribution in [0.1, 0.15) is 40.8 Å². The summed E-state index contributed by atoms with van der Waals surface area (Å²) in [5, 5.41) is 0.924. The Labute approximate surface area is 154 Å². The number of aromatic amines is 1. The van der Waals surface area contributed by atoms with Gasteiger partial charge in [0.15, 0.2) is 0 Å². The van der Waals surface area contributed by atoms with Crippen LogP contribution >= 0.6 is 0 Å². The van der Waals surface area contributed by atoms with Gasteiger partial charge in [0.1, 0.15) is 23.0 Å². The number of imidazole rings is 1. The van der Waals surface area contributed by atoms with E-state index in [1.54, 1.807) is 12.1 Å². The highest BCUT2D eigenvalue weighted by Crippen LogP contribution is 2.33. The minimum Gasteiger partial charge on any atom is -0.461 e. The lowest BCUT2D eigenvalue weighted by Crippen LogP contribution is -2.31.